The van der Waals surface area contributed by atoms with E-state index in [9.17, 15) is 9.59 Å². The van der Waals surface area contributed by atoms with Crippen LogP contribution in [0.2, 0.25) is 0 Å². The molecule has 4 rings (SSSR count). The Hall–Kier alpha value is -3.07. The SMILES string of the molecule is CCOCCn1c(=O)c2c([nH]c3[n+]2C[C@H](C)CN3c2ccc(OCC)cc2)n(C)c1=O. The second-order valence-corrected chi connectivity index (χ2v) is 7.89. The number of ether oxygens (including phenoxy) is 2. The molecule has 0 saturated heterocycles. The topological polar surface area (TPSA) is 85.4 Å². The lowest BCUT2D eigenvalue weighted by atomic mass is 10.1. The Kier molecular flexibility index (Phi) is 5.86. The van der Waals surface area contributed by atoms with Crippen molar-refractivity contribution in [2.75, 3.05) is 31.3 Å². The highest BCUT2D eigenvalue weighted by atomic mass is 16.5. The zero-order valence-corrected chi connectivity index (χ0v) is 18.6. The summed E-state index contributed by atoms with van der Waals surface area (Å²) < 4.78 is 15.7. The first-order valence-corrected chi connectivity index (χ1v) is 10.8. The fourth-order valence-corrected chi connectivity index (χ4v) is 4.19. The van der Waals surface area contributed by atoms with Gasteiger partial charge in [0, 0.05) is 19.6 Å². The number of hydrogen-bond donors (Lipinski definition) is 1. The standard InChI is InChI=1S/C22H29N5O4/c1-5-30-12-11-25-20(28)18-19(24(4)22(25)29)23-21-26(13-15(3)14-27(18)21)16-7-9-17(10-8-16)31-6-2/h7-10,15H,5-6,11-14H2,1-4H3/p+1/t15-/m1/s1. The van der Waals surface area contributed by atoms with Crippen LogP contribution in [-0.2, 0) is 24.9 Å². The van der Waals surface area contributed by atoms with Crippen LogP contribution in [0.15, 0.2) is 33.9 Å². The Morgan fingerprint density at radius 2 is 1.90 bits per heavy atom. The lowest BCUT2D eigenvalue weighted by molar-refractivity contribution is -0.669. The molecule has 3 heterocycles. The lowest BCUT2D eigenvalue weighted by Crippen LogP contribution is -2.52. The Morgan fingerprint density at radius 1 is 1.16 bits per heavy atom. The normalized spacial score (nSPS) is 16.0. The number of nitrogens with one attached hydrogen (secondary N) is 1. The maximum atomic E-state index is 13.3. The van der Waals surface area contributed by atoms with Crippen LogP contribution in [-0.4, -0.2) is 40.5 Å². The number of nitrogens with zero attached hydrogens (tertiary/aromatic N) is 4. The monoisotopic (exact) mass is 428 g/mol. The zero-order chi connectivity index (χ0) is 22.1. The predicted octanol–water partition coefficient (Wildman–Crippen LogP) is 1.54. The second kappa shape index (κ2) is 8.58. The molecular formula is C22H30N5O4+. The number of aryl methyl sites for hydroxylation is 1. The van der Waals surface area contributed by atoms with Crippen LogP contribution < -0.4 is 25.5 Å². The van der Waals surface area contributed by atoms with E-state index >= 15 is 0 Å². The van der Waals surface area contributed by atoms with Gasteiger partial charge in [-0.3, -0.25) is 13.9 Å². The number of rotatable bonds is 7. The summed E-state index contributed by atoms with van der Waals surface area (Å²) in [6, 6.07) is 7.92. The van der Waals surface area contributed by atoms with Crippen molar-refractivity contribution in [3.8, 4) is 5.75 Å². The zero-order valence-electron chi connectivity index (χ0n) is 18.6. The third kappa shape index (κ3) is 3.74. The van der Waals surface area contributed by atoms with Gasteiger partial charge in [-0.25, -0.2) is 19.2 Å². The maximum Gasteiger partial charge on any atom is 0.364 e. The fraction of sp³-hybridized carbons (Fsp3) is 0.500. The minimum atomic E-state index is -0.350. The summed E-state index contributed by atoms with van der Waals surface area (Å²) in [7, 11) is 1.69. The van der Waals surface area contributed by atoms with E-state index in [0.29, 0.717) is 43.4 Å². The van der Waals surface area contributed by atoms with Gasteiger partial charge in [0.25, 0.3) is 5.56 Å². The molecular weight excluding hydrogens is 398 g/mol. The van der Waals surface area contributed by atoms with Gasteiger partial charge >= 0.3 is 11.6 Å². The number of anilines is 2. The first-order valence-electron chi connectivity index (χ1n) is 10.8. The van der Waals surface area contributed by atoms with Crippen molar-refractivity contribution in [2.45, 2.75) is 33.9 Å². The third-order valence-electron chi connectivity index (χ3n) is 5.65. The number of aromatic amines is 1. The van der Waals surface area contributed by atoms with Crippen LogP contribution in [0.5, 0.6) is 5.75 Å². The summed E-state index contributed by atoms with van der Waals surface area (Å²) in [5, 5.41) is 0. The van der Waals surface area contributed by atoms with Crippen LogP contribution in [0.1, 0.15) is 20.8 Å². The average molecular weight is 429 g/mol. The molecule has 31 heavy (non-hydrogen) atoms. The molecule has 0 amide bonds. The molecule has 3 aromatic rings. The van der Waals surface area contributed by atoms with E-state index < -0.39 is 0 Å². The van der Waals surface area contributed by atoms with Gasteiger partial charge in [0.2, 0.25) is 11.2 Å². The number of hydrogen-bond acceptors (Lipinski definition) is 5. The van der Waals surface area contributed by atoms with Crippen molar-refractivity contribution in [1.82, 2.24) is 14.1 Å². The molecule has 9 nitrogen and oxygen atoms in total. The van der Waals surface area contributed by atoms with Crippen LogP contribution in [0, 0.1) is 5.92 Å². The van der Waals surface area contributed by atoms with E-state index in [4.69, 9.17) is 9.47 Å². The van der Waals surface area contributed by atoms with Gasteiger partial charge in [-0.2, -0.15) is 0 Å². The van der Waals surface area contributed by atoms with Gasteiger partial charge in [-0.05, 0) is 38.1 Å². The van der Waals surface area contributed by atoms with Crippen LogP contribution in [0.3, 0.4) is 0 Å². The van der Waals surface area contributed by atoms with Crippen LogP contribution in [0.25, 0.3) is 11.2 Å². The molecule has 0 radical (unpaired) electrons. The van der Waals surface area contributed by atoms with Gasteiger partial charge in [-0.15, -0.1) is 0 Å². The fourth-order valence-electron chi connectivity index (χ4n) is 4.19. The highest BCUT2D eigenvalue weighted by molar-refractivity contribution is 5.70. The van der Waals surface area contributed by atoms with Crippen molar-refractivity contribution in [3.63, 3.8) is 0 Å². The van der Waals surface area contributed by atoms with E-state index in [0.717, 1.165) is 23.9 Å². The van der Waals surface area contributed by atoms with Crippen LogP contribution in [0.4, 0.5) is 11.6 Å². The van der Waals surface area contributed by atoms with Crippen molar-refractivity contribution in [3.05, 3.63) is 45.1 Å². The number of aromatic nitrogens is 4. The molecule has 1 N–H and O–H groups in total. The van der Waals surface area contributed by atoms with E-state index in [1.54, 1.807) is 7.05 Å². The quantitative estimate of drug-likeness (QED) is 0.456. The van der Waals surface area contributed by atoms with E-state index in [1.165, 1.54) is 9.13 Å². The molecule has 0 spiro atoms. The number of fused-ring (bicyclic) bond motifs is 3. The highest BCUT2D eigenvalue weighted by Gasteiger charge is 2.36. The highest BCUT2D eigenvalue weighted by Crippen LogP contribution is 2.29. The van der Waals surface area contributed by atoms with E-state index in [-0.39, 0.29) is 17.8 Å². The molecule has 1 aliphatic heterocycles. The van der Waals surface area contributed by atoms with Gasteiger partial charge in [0.1, 0.15) is 11.4 Å². The molecule has 0 unspecified atom stereocenters. The van der Waals surface area contributed by atoms with Gasteiger partial charge in [0.15, 0.2) is 0 Å². The molecule has 1 aromatic carbocycles. The number of H-pyrrole nitrogens is 1. The Morgan fingerprint density at radius 3 is 2.58 bits per heavy atom. The Bertz CT molecular complexity index is 1190. The Balaban J connectivity index is 1.85. The van der Waals surface area contributed by atoms with Gasteiger partial charge in [0.05, 0.1) is 32.8 Å². The minimum absolute atomic E-state index is 0.230. The summed E-state index contributed by atoms with van der Waals surface area (Å²) in [6.07, 6.45) is 0. The molecule has 0 saturated carbocycles. The molecule has 1 atom stereocenters. The molecule has 0 aliphatic carbocycles. The van der Waals surface area contributed by atoms with Crippen LogP contribution >= 0.6 is 0 Å². The molecule has 166 valence electrons. The average Bonchev–Trinajstić information content (AvgIpc) is 3.14. The van der Waals surface area contributed by atoms with Crippen molar-refractivity contribution in [1.29, 1.82) is 0 Å². The predicted molar refractivity (Wildman–Crippen MR) is 118 cm³/mol. The smallest absolute Gasteiger partial charge is 0.364 e. The molecule has 0 fully saturated rings. The van der Waals surface area contributed by atoms with Crippen molar-refractivity contribution in [2.24, 2.45) is 13.0 Å². The molecule has 1 aliphatic rings. The Labute approximate surface area is 180 Å². The minimum Gasteiger partial charge on any atom is -0.494 e. The summed E-state index contributed by atoms with van der Waals surface area (Å²) in [5.74, 6) is 1.93. The van der Waals surface area contributed by atoms with E-state index in [1.807, 2.05) is 42.7 Å². The maximum absolute atomic E-state index is 13.3. The lowest BCUT2D eigenvalue weighted by Gasteiger charge is -2.26. The van der Waals surface area contributed by atoms with Crippen molar-refractivity contribution >= 4 is 22.8 Å². The van der Waals surface area contributed by atoms with Gasteiger partial charge < -0.3 is 9.47 Å². The second-order valence-electron chi connectivity index (χ2n) is 7.89. The summed E-state index contributed by atoms with van der Waals surface area (Å²) in [6.45, 7) is 9.21. The van der Waals surface area contributed by atoms with Crippen molar-refractivity contribution < 1.29 is 14.0 Å². The number of imidazole rings is 1. The first-order chi connectivity index (χ1) is 15.0. The molecule has 0 bridgehead atoms. The molecule has 2 aromatic heterocycles. The first kappa shape index (κ1) is 21.2. The third-order valence-corrected chi connectivity index (χ3v) is 5.65. The summed E-state index contributed by atoms with van der Waals surface area (Å²) >= 11 is 0. The van der Waals surface area contributed by atoms with Gasteiger partial charge in [-0.1, -0.05) is 6.92 Å². The summed E-state index contributed by atoms with van der Waals surface area (Å²) in [4.78, 5) is 31.6. The molecule has 9 heteroatoms. The number of benzene rings is 1. The largest absolute Gasteiger partial charge is 0.494 e. The summed E-state index contributed by atoms with van der Waals surface area (Å²) in [5.41, 5.74) is 1.40. The van der Waals surface area contributed by atoms with E-state index in [2.05, 4.69) is 16.8 Å².